The number of allylic oxidation sites excluding steroid dienone is 1. The van der Waals surface area contributed by atoms with Crippen LogP contribution in [0.25, 0.3) is 0 Å². The van der Waals surface area contributed by atoms with E-state index < -0.39 is 6.10 Å². The SMILES string of the molecule is OC(C1=CCCCO1)C1CCCCO1. The topological polar surface area (TPSA) is 38.7 Å². The lowest BCUT2D eigenvalue weighted by Crippen LogP contribution is -2.35. The molecule has 2 rings (SSSR count). The maximum atomic E-state index is 9.98. The van der Waals surface area contributed by atoms with E-state index in [9.17, 15) is 5.11 Å². The fourth-order valence-electron chi connectivity index (χ4n) is 1.98. The Labute approximate surface area is 84.7 Å². The fraction of sp³-hybridized carbons (Fsp3) is 0.818. The predicted octanol–water partition coefficient (Wildman–Crippen LogP) is 1.61. The molecular weight excluding hydrogens is 180 g/mol. The standard InChI is InChI=1S/C11H18O3/c12-11(9-5-1-3-7-13-9)10-6-2-4-8-14-10/h5,10-12H,1-4,6-8H2. The van der Waals surface area contributed by atoms with Gasteiger partial charge in [0.15, 0.2) is 0 Å². The highest BCUT2D eigenvalue weighted by Crippen LogP contribution is 2.23. The maximum absolute atomic E-state index is 9.98. The fourth-order valence-corrected chi connectivity index (χ4v) is 1.98. The molecule has 0 aliphatic carbocycles. The zero-order chi connectivity index (χ0) is 9.80. The van der Waals surface area contributed by atoms with Gasteiger partial charge in [-0.3, -0.25) is 0 Å². The Kier molecular flexibility index (Phi) is 3.43. The van der Waals surface area contributed by atoms with E-state index in [-0.39, 0.29) is 6.10 Å². The first-order valence-corrected chi connectivity index (χ1v) is 5.50. The van der Waals surface area contributed by atoms with Gasteiger partial charge in [0.1, 0.15) is 11.9 Å². The molecule has 1 N–H and O–H groups in total. The molecule has 1 fully saturated rings. The number of rotatable bonds is 2. The zero-order valence-electron chi connectivity index (χ0n) is 8.45. The van der Waals surface area contributed by atoms with Crippen molar-refractivity contribution in [3.8, 4) is 0 Å². The summed E-state index contributed by atoms with van der Waals surface area (Å²) in [6, 6.07) is 0. The zero-order valence-corrected chi connectivity index (χ0v) is 8.45. The smallest absolute Gasteiger partial charge is 0.137 e. The Balaban J connectivity index is 1.91. The van der Waals surface area contributed by atoms with Crippen LogP contribution in [0.5, 0.6) is 0 Å². The van der Waals surface area contributed by atoms with Crippen molar-refractivity contribution in [1.82, 2.24) is 0 Å². The molecule has 0 spiro atoms. The van der Waals surface area contributed by atoms with E-state index in [0.29, 0.717) is 0 Å². The lowest BCUT2D eigenvalue weighted by Gasteiger charge is -2.29. The highest BCUT2D eigenvalue weighted by Gasteiger charge is 2.27. The van der Waals surface area contributed by atoms with Gasteiger partial charge >= 0.3 is 0 Å². The number of aliphatic hydroxyl groups excluding tert-OH is 1. The van der Waals surface area contributed by atoms with E-state index in [1.165, 1.54) is 0 Å². The first-order chi connectivity index (χ1) is 6.88. The Hall–Kier alpha value is -0.540. The van der Waals surface area contributed by atoms with E-state index in [1.807, 2.05) is 6.08 Å². The van der Waals surface area contributed by atoms with E-state index >= 15 is 0 Å². The second kappa shape index (κ2) is 4.80. The molecule has 0 amide bonds. The average Bonchev–Trinajstić information content (AvgIpc) is 2.30. The second-order valence-corrected chi connectivity index (χ2v) is 3.95. The molecule has 3 nitrogen and oxygen atoms in total. The summed E-state index contributed by atoms with van der Waals surface area (Å²) in [6.45, 7) is 1.50. The Morgan fingerprint density at radius 2 is 2.21 bits per heavy atom. The average molecular weight is 198 g/mol. The Bertz CT molecular complexity index is 207. The highest BCUT2D eigenvalue weighted by atomic mass is 16.5. The molecule has 2 atom stereocenters. The summed E-state index contributed by atoms with van der Waals surface area (Å²) in [5, 5.41) is 9.98. The molecule has 0 radical (unpaired) electrons. The Morgan fingerprint density at radius 1 is 1.29 bits per heavy atom. The second-order valence-electron chi connectivity index (χ2n) is 3.95. The largest absolute Gasteiger partial charge is 0.495 e. The molecule has 0 aromatic heterocycles. The molecule has 2 aliphatic rings. The van der Waals surface area contributed by atoms with Crippen molar-refractivity contribution in [2.24, 2.45) is 0 Å². The monoisotopic (exact) mass is 198 g/mol. The molecule has 3 heteroatoms. The molecule has 2 unspecified atom stereocenters. The van der Waals surface area contributed by atoms with Crippen LogP contribution in [0.15, 0.2) is 11.8 Å². The first-order valence-electron chi connectivity index (χ1n) is 5.50. The van der Waals surface area contributed by atoms with E-state index in [1.54, 1.807) is 0 Å². The summed E-state index contributed by atoms with van der Waals surface area (Å²) in [7, 11) is 0. The number of ether oxygens (including phenoxy) is 2. The van der Waals surface area contributed by atoms with Crippen LogP contribution >= 0.6 is 0 Å². The third-order valence-electron chi connectivity index (χ3n) is 2.82. The van der Waals surface area contributed by atoms with Crippen LogP contribution in [0.4, 0.5) is 0 Å². The van der Waals surface area contributed by atoms with Crippen LogP contribution in [0.3, 0.4) is 0 Å². The molecular formula is C11H18O3. The molecule has 0 aromatic rings. The quantitative estimate of drug-likeness (QED) is 0.732. The van der Waals surface area contributed by atoms with Crippen molar-refractivity contribution in [1.29, 1.82) is 0 Å². The van der Waals surface area contributed by atoms with Crippen LogP contribution in [0.2, 0.25) is 0 Å². The maximum Gasteiger partial charge on any atom is 0.137 e. The lowest BCUT2D eigenvalue weighted by molar-refractivity contribution is -0.0675. The molecule has 0 saturated carbocycles. The van der Waals surface area contributed by atoms with Crippen LogP contribution < -0.4 is 0 Å². The first kappa shape index (κ1) is 9.99. The minimum Gasteiger partial charge on any atom is -0.495 e. The van der Waals surface area contributed by atoms with Crippen molar-refractivity contribution >= 4 is 0 Å². The third kappa shape index (κ3) is 2.28. The van der Waals surface area contributed by atoms with Gasteiger partial charge in [-0.1, -0.05) is 0 Å². The predicted molar refractivity (Wildman–Crippen MR) is 52.9 cm³/mol. The van der Waals surface area contributed by atoms with Crippen LogP contribution in [0.1, 0.15) is 32.1 Å². The van der Waals surface area contributed by atoms with Gasteiger partial charge in [-0.2, -0.15) is 0 Å². The summed E-state index contributed by atoms with van der Waals surface area (Å²) in [6.07, 6.45) is 6.68. The molecule has 80 valence electrons. The van der Waals surface area contributed by atoms with Gasteiger partial charge in [-0.25, -0.2) is 0 Å². The van der Waals surface area contributed by atoms with Gasteiger partial charge in [0, 0.05) is 6.61 Å². The molecule has 2 heterocycles. The summed E-state index contributed by atoms with van der Waals surface area (Å²) in [5.41, 5.74) is 0. The van der Waals surface area contributed by atoms with Crippen molar-refractivity contribution in [3.05, 3.63) is 11.8 Å². The van der Waals surface area contributed by atoms with Gasteiger partial charge in [-0.15, -0.1) is 0 Å². The molecule has 1 saturated heterocycles. The summed E-state index contributed by atoms with van der Waals surface area (Å²) in [5.74, 6) is 0.725. The number of aliphatic hydroxyl groups is 1. The van der Waals surface area contributed by atoms with Crippen molar-refractivity contribution in [2.75, 3.05) is 13.2 Å². The molecule has 0 bridgehead atoms. The molecule has 0 aromatic carbocycles. The van der Waals surface area contributed by atoms with E-state index in [2.05, 4.69) is 0 Å². The minimum atomic E-state index is -0.546. The van der Waals surface area contributed by atoms with Crippen molar-refractivity contribution < 1.29 is 14.6 Å². The van der Waals surface area contributed by atoms with Crippen molar-refractivity contribution in [3.63, 3.8) is 0 Å². The molecule has 14 heavy (non-hydrogen) atoms. The minimum absolute atomic E-state index is 0.0481. The van der Waals surface area contributed by atoms with Gasteiger partial charge in [0.2, 0.25) is 0 Å². The van der Waals surface area contributed by atoms with Crippen molar-refractivity contribution in [2.45, 2.75) is 44.3 Å². The normalized spacial score (nSPS) is 30.4. The van der Waals surface area contributed by atoms with Gasteiger partial charge in [0.05, 0.1) is 12.7 Å². The number of hydrogen-bond donors (Lipinski definition) is 1. The van der Waals surface area contributed by atoms with Gasteiger partial charge in [0.25, 0.3) is 0 Å². The highest BCUT2D eigenvalue weighted by molar-refractivity contribution is 5.05. The Morgan fingerprint density at radius 3 is 2.86 bits per heavy atom. The summed E-state index contributed by atoms with van der Waals surface area (Å²) >= 11 is 0. The van der Waals surface area contributed by atoms with Crippen LogP contribution in [-0.4, -0.2) is 30.5 Å². The summed E-state index contributed by atoms with van der Waals surface area (Å²) in [4.78, 5) is 0. The van der Waals surface area contributed by atoms with Gasteiger partial charge < -0.3 is 14.6 Å². The van der Waals surface area contributed by atoms with E-state index in [0.717, 1.165) is 51.1 Å². The number of hydrogen-bond acceptors (Lipinski definition) is 3. The summed E-state index contributed by atoms with van der Waals surface area (Å²) < 4.78 is 10.9. The van der Waals surface area contributed by atoms with Gasteiger partial charge in [-0.05, 0) is 38.2 Å². The van der Waals surface area contributed by atoms with Crippen LogP contribution in [-0.2, 0) is 9.47 Å². The van der Waals surface area contributed by atoms with Crippen LogP contribution in [0, 0.1) is 0 Å². The van der Waals surface area contributed by atoms with E-state index in [4.69, 9.17) is 9.47 Å². The third-order valence-corrected chi connectivity index (χ3v) is 2.82. The lowest BCUT2D eigenvalue weighted by atomic mass is 10.0. The molecule has 2 aliphatic heterocycles.